The molecule has 1 atom stereocenters. The molecule has 4 rings (SSSR count). The van der Waals surface area contributed by atoms with Crippen LogP contribution in [0.2, 0.25) is 0 Å². The molecule has 1 fully saturated rings. The van der Waals surface area contributed by atoms with Gasteiger partial charge in [-0.3, -0.25) is 10.1 Å². The lowest BCUT2D eigenvalue weighted by atomic mass is 9.89. The number of benzene rings is 1. The van der Waals surface area contributed by atoms with Crippen molar-refractivity contribution in [3.63, 3.8) is 0 Å². The van der Waals surface area contributed by atoms with Crippen LogP contribution in [0.4, 0.5) is 0 Å². The largest absolute Gasteiger partial charge is 0.488 e. The van der Waals surface area contributed by atoms with Crippen molar-refractivity contribution in [1.82, 2.24) is 20.8 Å². The smallest absolute Gasteiger partial charge is 0.247 e. The van der Waals surface area contributed by atoms with Crippen molar-refractivity contribution in [2.45, 2.75) is 37.8 Å². The van der Waals surface area contributed by atoms with Gasteiger partial charge in [-0.1, -0.05) is 23.4 Å². The Morgan fingerprint density at radius 1 is 1.30 bits per heavy atom. The molecule has 1 saturated heterocycles. The summed E-state index contributed by atoms with van der Waals surface area (Å²) >= 11 is 0. The first-order valence-electron chi connectivity index (χ1n) is 9.29. The van der Waals surface area contributed by atoms with Gasteiger partial charge in [0.15, 0.2) is 5.82 Å². The summed E-state index contributed by atoms with van der Waals surface area (Å²) in [5.41, 5.74) is 0.666. The number of carbonyl (C=O) groups excluding carboxylic acids is 1. The summed E-state index contributed by atoms with van der Waals surface area (Å²) in [4.78, 5) is 16.7. The summed E-state index contributed by atoms with van der Waals surface area (Å²) in [7, 11) is 0. The molecule has 0 radical (unpaired) electrons. The minimum atomic E-state index is -0.517. The molecule has 2 N–H and O–H groups in total. The van der Waals surface area contributed by atoms with Gasteiger partial charge in [-0.05, 0) is 31.4 Å². The van der Waals surface area contributed by atoms with Crippen LogP contribution in [0.1, 0.15) is 30.1 Å². The molecule has 3 heterocycles. The van der Waals surface area contributed by atoms with Crippen molar-refractivity contribution in [2.75, 3.05) is 26.3 Å². The molecule has 0 unspecified atom stereocenters. The molecule has 1 aromatic carbocycles. The van der Waals surface area contributed by atoms with Crippen molar-refractivity contribution < 1.29 is 18.8 Å². The van der Waals surface area contributed by atoms with Crippen LogP contribution in [0.3, 0.4) is 0 Å². The Morgan fingerprint density at radius 2 is 2.11 bits per heavy atom. The van der Waals surface area contributed by atoms with Gasteiger partial charge in [-0.15, -0.1) is 0 Å². The van der Waals surface area contributed by atoms with E-state index in [1.807, 2.05) is 18.2 Å². The second kappa shape index (κ2) is 7.66. The van der Waals surface area contributed by atoms with E-state index in [9.17, 15) is 4.79 Å². The van der Waals surface area contributed by atoms with Crippen LogP contribution in [0.25, 0.3) is 0 Å². The normalized spacial score (nSPS) is 20.7. The third-order valence-electron chi connectivity index (χ3n) is 5.11. The molecule has 0 spiro atoms. The van der Waals surface area contributed by atoms with E-state index >= 15 is 0 Å². The SMILES string of the molecule is Cc1noc(C2(NCC(=O)NC[C@@H]3Cc4ccccc4O3)CCOCC2)n1. The summed E-state index contributed by atoms with van der Waals surface area (Å²) in [6.45, 7) is 3.60. The van der Waals surface area contributed by atoms with Crippen LogP contribution in [0.15, 0.2) is 28.8 Å². The molecule has 0 bridgehead atoms. The van der Waals surface area contributed by atoms with E-state index in [2.05, 4.69) is 26.8 Å². The van der Waals surface area contributed by atoms with Crippen molar-refractivity contribution in [2.24, 2.45) is 0 Å². The lowest BCUT2D eigenvalue weighted by molar-refractivity contribution is -0.121. The van der Waals surface area contributed by atoms with Crippen LogP contribution in [-0.2, 0) is 21.5 Å². The van der Waals surface area contributed by atoms with Crippen LogP contribution in [0, 0.1) is 6.92 Å². The predicted molar refractivity (Wildman–Crippen MR) is 96.3 cm³/mol. The fourth-order valence-electron chi connectivity index (χ4n) is 3.58. The number of carbonyl (C=O) groups is 1. The molecule has 0 aliphatic carbocycles. The summed E-state index contributed by atoms with van der Waals surface area (Å²) in [5.74, 6) is 1.92. The third-order valence-corrected chi connectivity index (χ3v) is 5.11. The average Bonchev–Trinajstić information content (AvgIpc) is 3.31. The number of para-hydroxylation sites is 1. The molecule has 8 nitrogen and oxygen atoms in total. The van der Waals surface area contributed by atoms with Gasteiger partial charge in [0.05, 0.1) is 13.1 Å². The molecule has 27 heavy (non-hydrogen) atoms. The molecular formula is C19H24N4O4. The Labute approximate surface area is 157 Å². The number of aromatic nitrogens is 2. The van der Waals surface area contributed by atoms with E-state index in [1.165, 1.54) is 5.56 Å². The number of nitrogens with one attached hydrogen (secondary N) is 2. The predicted octanol–water partition coefficient (Wildman–Crippen LogP) is 1.09. The van der Waals surface area contributed by atoms with Crippen molar-refractivity contribution in [1.29, 1.82) is 0 Å². The van der Waals surface area contributed by atoms with E-state index in [0.717, 1.165) is 12.2 Å². The number of rotatable bonds is 6. The maximum absolute atomic E-state index is 12.4. The maximum atomic E-state index is 12.4. The summed E-state index contributed by atoms with van der Waals surface area (Å²) in [6, 6.07) is 7.97. The highest BCUT2D eigenvalue weighted by Gasteiger charge is 2.39. The Balaban J connectivity index is 1.30. The average molecular weight is 372 g/mol. The van der Waals surface area contributed by atoms with Gasteiger partial charge < -0.3 is 19.3 Å². The monoisotopic (exact) mass is 372 g/mol. The third kappa shape index (κ3) is 3.96. The van der Waals surface area contributed by atoms with Crippen molar-refractivity contribution >= 4 is 5.91 Å². The number of hydrogen-bond donors (Lipinski definition) is 2. The molecule has 1 aromatic heterocycles. The Morgan fingerprint density at radius 3 is 2.85 bits per heavy atom. The van der Waals surface area contributed by atoms with Crippen LogP contribution in [0.5, 0.6) is 5.75 Å². The second-order valence-corrected chi connectivity index (χ2v) is 7.05. The standard InChI is InChI=1S/C19H24N4O4/c1-13-22-18(27-23-13)19(6-8-25-9-7-19)21-12-17(24)20-11-15-10-14-4-2-3-5-16(14)26-15/h2-5,15,21H,6-12H2,1H3,(H,20,24)/t15-/m0/s1. The number of fused-ring (bicyclic) bond motifs is 1. The first-order valence-corrected chi connectivity index (χ1v) is 9.29. The number of nitrogens with zero attached hydrogens (tertiary/aromatic N) is 2. The Kier molecular flexibility index (Phi) is 5.09. The lowest BCUT2D eigenvalue weighted by Gasteiger charge is -2.34. The van der Waals surface area contributed by atoms with Crippen LogP contribution >= 0.6 is 0 Å². The Hall–Kier alpha value is -2.45. The fraction of sp³-hybridized carbons (Fsp3) is 0.526. The quantitative estimate of drug-likeness (QED) is 0.783. The molecule has 8 heteroatoms. The second-order valence-electron chi connectivity index (χ2n) is 7.05. The number of amides is 1. The minimum absolute atomic E-state index is 0.0259. The van der Waals surface area contributed by atoms with E-state index in [-0.39, 0.29) is 18.6 Å². The van der Waals surface area contributed by atoms with Crippen molar-refractivity contribution in [3.8, 4) is 5.75 Å². The zero-order valence-electron chi connectivity index (χ0n) is 15.4. The molecule has 1 amide bonds. The summed E-state index contributed by atoms with van der Waals surface area (Å²) in [5, 5.41) is 10.2. The van der Waals surface area contributed by atoms with E-state index in [0.29, 0.717) is 44.3 Å². The number of aryl methyl sites for hydroxylation is 1. The van der Waals surface area contributed by atoms with Crippen molar-refractivity contribution in [3.05, 3.63) is 41.5 Å². The van der Waals surface area contributed by atoms with Gasteiger partial charge in [0.1, 0.15) is 17.4 Å². The topological polar surface area (TPSA) is 98.5 Å². The number of ether oxygens (including phenoxy) is 2. The van der Waals surface area contributed by atoms with E-state index < -0.39 is 5.54 Å². The number of hydrogen-bond acceptors (Lipinski definition) is 7. The lowest BCUT2D eigenvalue weighted by Crippen LogP contribution is -2.51. The van der Waals surface area contributed by atoms with Gasteiger partial charge in [0.2, 0.25) is 11.8 Å². The fourth-order valence-corrected chi connectivity index (χ4v) is 3.58. The molecular weight excluding hydrogens is 348 g/mol. The summed E-state index contributed by atoms with van der Waals surface area (Å²) < 4.78 is 16.7. The van der Waals surface area contributed by atoms with Crippen LogP contribution < -0.4 is 15.4 Å². The minimum Gasteiger partial charge on any atom is -0.488 e. The molecule has 2 aromatic rings. The van der Waals surface area contributed by atoms with E-state index in [4.69, 9.17) is 14.0 Å². The highest BCUT2D eigenvalue weighted by atomic mass is 16.5. The molecule has 2 aliphatic rings. The molecule has 144 valence electrons. The summed E-state index contributed by atoms with van der Waals surface area (Å²) in [6.07, 6.45) is 2.15. The van der Waals surface area contributed by atoms with Gasteiger partial charge in [-0.25, -0.2) is 0 Å². The Bertz CT molecular complexity index is 776. The van der Waals surface area contributed by atoms with E-state index in [1.54, 1.807) is 6.92 Å². The molecule has 2 aliphatic heterocycles. The zero-order valence-corrected chi connectivity index (χ0v) is 15.4. The first kappa shape index (κ1) is 17.9. The van der Waals surface area contributed by atoms with Gasteiger partial charge in [-0.2, -0.15) is 4.98 Å². The van der Waals surface area contributed by atoms with Gasteiger partial charge in [0.25, 0.3) is 0 Å². The highest BCUT2D eigenvalue weighted by molar-refractivity contribution is 5.78. The zero-order chi connectivity index (χ0) is 18.7. The van der Waals surface area contributed by atoms with Gasteiger partial charge >= 0.3 is 0 Å². The van der Waals surface area contributed by atoms with Crippen LogP contribution in [-0.4, -0.2) is 48.5 Å². The maximum Gasteiger partial charge on any atom is 0.247 e. The van der Waals surface area contributed by atoms with Gasteiger partial charge in [0, 0.05) is 19.6 Å². The highest BCUT2D eigenvalue weighted by Crippen LogP contribution is 2.31. The first-order chi connectivity index (χ1) is 13.1. The molecule has 0 saturated carbocycles.